The zero-order valence-electron chi connectivity index (χ0n) is 70.0. The average Bonchev–Trinajstić information content (AvgIpc) is 1.65. The van der Waals surface area contributed by atoms with Gasteiger partial charge in [-0.15, -0.1) is 0 Å². The number of benzene rings is 6. The van der Waals surface area contributed by atoms with Crippen LogP contribution in [-0.4, -0.2) is 136 Å². The highest BCUT2D eigenvalue weighted by atomic mass is 19.1. The highest BCUT2D eigenvalue weighted by molar-refractivity contribution is 6.19. The van der Waals surface area contributed by atoms with Gasteiger partial charge in [-0.3, -0.25) is 14.4 Å². The first kappa shape index (κ1) is 83.0. The highest BCUT2D eigenvalue weighted by Gasteiger charge is 2.34. The number of para-hydroxylation sites is 2. The van der Waals surface area contributed by atoms with Crippen molar-refractivity contribution in [2.75, 3.05) is 48.4 Å². The predicted octanol–water partition coefficient (Wildman–Crippen LogP) is 15.6. The summed E-state index contributed by atoms with van der Waals surface area (Å²) in [5, 5.41) is 29.5. The Bertz CT molecular complexity index is 6610. The number of alkyl halides is 1. The first-order valence-corrected chi connectivity index (χ1v) is 42.5. The smallest absolute Gasteiger partial charge is 0.217 e. The number of halogens is 1. The van der Waals surface area contributed by atoms with Gasteiger partial charge in [-0.1, -0.05) is 182 Å². The lowest BCUT2D eigenvalue weighted by Gasteiger charge is -2.10. The summed E-state index contributed by atoms with van der Waals surface area (Å²) in [6.45, 7) is 10.4. The van der Waals surface area contributed by atoms with Crippen molar-refractivity contribution in [1.82, 2.24) is 104 Å². The number of nitrogens with one attached hydrogen (secondary N) is 1. The Morgan fingerprint density at radius 1 is 0.424 bits per heavy atom. The van der Waals surface area contributed by atoms with Crippen LogP contribution in [0.25, 0.3) is 55.2 Å². The van der Waals surface area contributed by atoms with Gasteiger partial charge in [0.2, 0.25) is 17.3 Å². The Kier molecular flexibility index (Phi) is 24.4. The molecule has 6 aromatic carbocycles. The monoisotopic (exact) mass is 1680 g/mol. The molecule has 2 aliphatic heterocycles. The van der Waals surface area contributed by atoms with Crippen molar-refractivity contribution in [3.63, 3.8) is 0 Å². The second-order valence-corrected chi connectivity index (χ2v) is 32.4. The van der Waals surface area contributed by atoms with Gasteiger partial charge in [0.05, 0.1) is 62.4 Å². The van der Waals surface area contributed by atoms with E-state index in [1.54, 1.807) is 53.5 Å². The summed E-state index contributed by atoms with van der Waals surface area (Å²) in [4.78, 5) is 81.7. The minimum atomic E-state index is -1.34. The largest absolute Gasteiger partial charge is 0.457 e. The van der Waals surface area contributed by atoms with Crippen molar-refractivity contribution in [2.24, 2.45) is 0 Å². The van der Waals surface area contributed by atoms with Crippen LogP contribution in [0.4, 0.5) is 33.5 Å². The van der Waals surface area contributed by atoms with E-state index in [1.165, 1.54) is 87.8 Å². The maximum Gasteiger partial charge on any atom is 0.217 e. The SMILES string of the molecule is Cc1ccc(C(=O)c2nn(C3CCNC3)c3ncnc(N)c23)cc1.Cc1cccc(C(=O)c2nn(C3CCCC3)c3ncnc(N)c23)c1.Cc1cccc(C(F)c2nn(C3CCCC3)c3ncnc(N)c23)c1.Cc1cccc(Cc2nn(C3CCCC3)c3ncnc(N)c23)c1.Nc1ncnc2c1c(C(=O)c1ccccc1Oc1ccccc1)nn2C1CCCO1. The van der Waals surface area contributed by atoms with Gasteiger partial charge < -0.3 is 43.5 Å². The Morgan fingerprint density at radius 3 is 1.43 bits per heavy atom. The number of aryl methyl sites for hydroxylation is 4. The summed E-state index contributed by atoms with van der Waals surface area (Å²) in [5.41, 5.74) is 43.6. The quantitative estimate of drug-likeness (QED) is 0.0461. The van der Waals surface area contributed by atoms with Crippen LogP contribution in [0.15, 0.2) is 183 Å². The van der Waals surface area contributed by atoms with E-state index in [4.69, 9.17) is 43.2 Å². The molecular formula is C93H97FN26O5. The Balaban J connectivity index is 0.000000111. The molecule has 10 aromatic heterocycles. The number of ketones is 3. The van der Waals surface area contributed by atoms with Crippen molar-refractivity contribution < 1.29 is 28.2 Å². The molecule has 32 heteroatoms. The second kappa shape index (κ2) is 36.8. The van der Waals surface area contributed by atoms with E-state index >= 15 is 4.39 Å². The lowest BCUT2D eigenvalue weighted by atomic mass is 10.0. The number of nitrogens with zero attached hydrogens (tertiary/aromatic N) is 20. The summed E-state index contributed by atoms with van der Waals surface area (Å²) in [5.74, 6) is 2.07. The van der Waals surface area contributed by atoms with E-state index in [0.29, 0.717) is 119 Å². The average molecular weight is 1680 g/mol. The number of nitrogen functional groups attached to an aromatic ring is 5. The van der Waals surface area contributed by atoms with Gasteiger partial charge in [0, 0.05) is 30.7 Å². The summed E-state index contributed by atoms with van der Waals surface area (Å²) in [7, 11) is 0. The van der Waals surface area contributed by atoms with Crippen LogP contribution in [0.5, 0.6) is 11.5 Å². The van der Waals surface area contributed by atoms with Crippen LogP contribution in [0.1, 0.15) is 226 Å². The molecule has 0 radical (unpaired) electrons. The van der Waals surface area contributed by atoms with E-state index in [2.05, 4.69) is 111 Å². The lowest BCUT2D eigenvalue weighted by molar-refractivity contribution is 0.0495. The number of ether oxygens (including phenoxy) is 2. The molecule has 0 amide bonds. The number of carbonyl (C=O) groups excluding carboxylic acids is 3. The third-order valence-electron chi connectivity index (χ3n) is 23.6. The van der Waals surface area contributed by atoms with Gasteiger partial charge in [0.15, 0.2) is 40.6 Å². The Morgan fingerprint density at radius 2 is 0.888 bits per heavy atom. The molecule has 12 heterocycles. The highest BCUT2D eigenvalue weighted by Crippen LogP contribution is 2.41. The number of carbonyl (C=O) groups is 3. The van der Waals surface area contributed by atoms with Gasteiger partial charge in [-0.25, -0.2) is 77.6 Å². The first-order chi connectivity index (χ1) is 60.9. The molecule has 5 fully saturated rings. The zero-order chi connectivity index (χ0) is 86.4. The predicted molar refractivity (Wildman–Crippen MR) is 476 cm³/mol. The van der Waals surface area contributed by atoms with E-state index in [9.17, 15) is 14.4 Å². The van der Waals surface area contributed by atoms with E-state index in [1.807, 2.05) is 120 Å². The molecule has 2 saturated heterocycles. The van der Waals surface area contributed by atoms with Gasteiger partial charge in [0.25, 0.3) is 0 Å². The van der Waals surface area contributed by atoms with Crippen LogP contribution in [0, 0.1) is 27.7 Å². The fraction of sp³-hybridized carbons (Fsp3) is 0.312. The third kappa shape index (κ3) is 17.5. The van der Waals surface area contributed by atoms with Crippen LogP contribution < -0.4 is 38.7 Å². The fourth-order valence-electron chi connectivity index (χ4n) is 17.4. The molecule has 3 saturated carbocycles. The maximum atomic E-state index is 15.3. The van der Waals surface area contributed by atoms with Gasteiger partial charge in [0.1, 0.15) is 95.0 Å². The number of nitrogens with two attached hydrogens (primary N) is 5. The minimum absolute atomic E-state index is 0.137. The van der Waals surface area contributed by atoms with E-state index in [-0.39, 0.29) is 64.9 Å². The minimum Gasteiger partial charge on any atom is -0.457 e. The van der Waals surface area contributed by atoms with Crippen molar-refractivity contribution >= 4 is 102 Å². The molecule has 125 heavy (non-hydrogen) atoms. The van der Waals surface area contributed by atoms with Gasteiger partial charge in [-0.2, -0.15) is 25.5 Å². The van der Waals surface area contributed by atoms with E-state index < -0.39 is 6.17 Å². The first-order valence-electron chi connectivity index (χ1n) is 42.5. The summed E-state index contributed by atoms with van der Waals surface area (Å²) < 4.78 is 36.3. The standard InChI is InChI=1S/C22H19N5O3.C18H20FN5.C18H19N5O.C18H21N5.C17H18N6O/c23-21-18-19(26-27(17-11-6-12-29-17)22(18)25-13-24-21)20(28)15-9-4-5-10-16(15)30-14-7-2-1-3-8-14;1-11-5-4-6-12(9-11)15(19)16-14-17(20)21-10-22-18(14)24(23-16)13-7-2-3-8-13;1-11-5-4-6-12(9-11)16(24)15-14-17(19)20-10-21-18(14)23(22-15)13-7-2-3-8-13;1-12-5-4-6-13(9-12)10-15-16-17(19)20-11-21-18(16)23(22-15)14-7-2-3-8-14;1-10-2-4-11(5-3-10)15(24)14-13-16(18)20-9-21-17(13)23(22-14)12-6-7-19-8-12/h1-5,7-10,13,17H,6,11-12H2,(H2,23,24,25);4-6,9-10,13,15H,2-3,7-8H2,1H3,(H2,20,21,22);4-6,9-10,13H,2-3,7-8H2,1H3,(H2,19,20,21);4-6,9,11,14H,2-3,7-8,10H2,1H3,(H2,19,20,21);2-5,9,12,19H,6-8H2,1H3,(H2,18,20,21). The number of anilines is 5. The van der Waals surface area contributed by atoms with Crippen molar-refractivity contribution in [3.05, 3.63) is 262 Å². The topological polar surface area (TPSA) is 430 Å². The third-order valence-corrected chi connectivity index (χ3v) is 23.6. The van der Waals surface area contributed by atoms with Crippen LogP contribution >= 0.6 is 0 Å². The number of hydrogen-bond donors (Lipinski definition) is 6. The van der Waals surface area contributed by atoms with Crippen molar-refractivity contribution in [3.8, 4) is 11.5 Å². The van der Waals surface area contributed by atoms with Crippen molar-refractivity contribution in [1.29, 1.82) is 0 Å². The van der Waals surface area contributed by atoms with Crippen LogP contribution in [-0.2, 0) is 11.2 Å². The molecule has 21 rings (SSSR count). The Hall–Kier alpha value is -14.3. The molecule has 636 valence electrons. The van der Waals surface area contributed by atoms with Crippen LogP contribution in [0.2, 0.25) is 0 Å². The van der Waals surface area contributed by atoms with E-state index in [0.717, 1.165) is 97.9 Å². The number of aromatic nitrogens is 20. The second-order valence-electron chi connectivity index (χ2n) is 32.4. The molecule has 11 N–H and O–H groups in total. The molecule has 5 aliphatic rings. The normalized spacial score (nSPS) is 16.2. The van der Waals surface area contributed by atoms with Gasteiger partial charge in [-0.05, 0) is 133 Å². The molecule has 0 spiro atoms. The Labute approximate surface area is 718 Å². The summed E-state index contributed by atoms with van der Waals surface area (Å²) >= 11 is 0. The molecule has 16 aromatic rings. The van der Waals surface area contributed by atoms with Crippen LogP contribution in [0.3, 0.4) is 0 Å². The molecule has 3 aliphatic carbocycles. The van der Waals surface area contributed by atoms with Crippen molar-refractivity contribution in [2.45, 2.75) is 167 Å². The molecule has 3 atom stereocenters. The lowest BCUT2D eigenvalue weighted by Crippen LogP contribution is -2.15. The number of rotatable bonds is 17. The maximum absolute atomic E-state index is 15.3. The fourth-order valence-corrected chi connectivity index (χ4v) is 17.4. The molecule has 31 nitrogen and oxygen atoms in total. The zero-order valence-corrected chi connectivity index (χ0v) is 70.0. The molecular weight excluding hydrogens is 1580 g/mol. The number of fused-ring (bicyclic) bond motifs is 5. The number of hydrogen-bond acceptors (Lipinski definition) is 26. The molecule has 3 unspecified atom stereocenters. The van der Waals surface area contributed by atoms with Gasteiger partial charge >= 0.3 is 0 Å². The summed E-state index contributed by atoms with van der Waals surface area (Å²) in [6.07, 6.45) is 22.7. The molecule has 0 bridgehead atoms. The summed E-state index contributed by atoms with van der Waals surface area (Å²) in [6, 6.07) is 48.4.